The average Bonchev–Trinajstić information content (AvgIpc) is 2.61. The summed E-state index contributed by atoms with van der Waals surface area (Å²) in [5.74, 6) is -0.169. The Morgan fingerprint density at radius 3 is 2.36 bits per heavy atom. The molecule has 6 heteroatoms. The largest absolute Gasteiger partial charge is 0.466 e. The Bertz CT molecular complexity index is 578. The van der Waals surface area contributed by atoms with Crippen molar-refractivity contribution < 1.29 is 14.3 Å². The Labute approximate surface area is 150 Å². The third kappa shape index (κ3) is 5.19. The van der Waals surface area contributed by atoms with Crippen molar-refractivity contribution in [3.05, 3.63) is 24.3 Å². The second kappa shape index (κ2) is 8.85. The standard InChI is InChI=1S/C19H29N3O3/c1-5-25-19(24)15-10-12-22(13-11-15)14(2)18(23)20-16-6-8-17(9-7-16)21(3)4/h6-9,14-15H,5,10-13H2,1-4H3,(H,20,23)/t14-/m1/s1. The summed E-state index contributed by atoms with van der Waals surface area (Å²) in [5, 5.41) is 2.97. The number of likely N-dealkylation sites (tertiary alicyclic amines) is 1. The van der Waals surface area contributed by atoms with Crippen molar-refractivity contribution >= 4 is 23.3 Å². The van der Waals surface area contributed by atoms with E-state index < -0.39 is 0 Å². The maximum absolute atomic E-state index is 12.5. The summed E-state index contributed by atoms with van der Waals surface area (Å²) in [4.78, 5) is 28.4. The number of hydrogen-bond donors (Lipinski definition) is 1. The van der Waals surface area contributed by atoms with Crippen molar-refractivity contribution in [2.75, 3.05) is 44.0 Å². The minimum Gasteiger partial charge on any atom is -0.466 e. The molecule has 0 aromatic heterocycles. The molecule has 138 valence electrons. The Balaban J connectivity index is 1.85. The summed E-state index contributed by atoms with van der Waals surface area (Å²) in [5.41, 5.74) is 1.89. The molecule has 1 saturated heterocycles. The molecule has 1 aliphatic heterocycles. The first kappa shape index (κ1) is 19.2. The van der Waals surface area contributed by atoms with Gasteiger partial charge in [-0.15, -0.1) is 0 Å². The normalized spacial score (nSPS) is 17.0. The maximum atomic E-state index is 12.5. The van der Waals surface area contributed by atoms with Gasteiger partial charge >= 0.3 is 5.97 Å². The predicted molar refractivity (Wildman–Crippen MR) is 99.8 cm³/mol. The molecule has 0 aliphatic carbocycles. The average molecular weight is 347 g/mol. The van der Waals surface area contributed by atoms with Gasteiger partial charge in [-0.3, -0.25) is 14.5 Å². The zero-order valence-corrected chi connectivity index (χ0v) is 15.6. The number of benzene rings is 1. The lowest BCUT2D eigenvalue weighted by Crippen LogP contribution is -2.47. The van der Waals surface area contributed by atoms with E-state index in [0.29, 0.717) is 6.61 Å². The van der Waals surface area contributed by atoms with Crippen LogP contribution in [0.4, 0.5) is 11.4 Å². The Morgan fingerprint density at radius 1 is 1.24 bits per heavy atom. The van der Waals surface area contributed by atoms with Crippen molar-refractivity contribution in [3.63, 3.8) is 0 Å². The van der Waals surface area contributed by atoms with Crippen molar-refractivity contribution in [2.24, 2.45) is 5.92 Å². The van der Waals surface area contributed by atoms with Crippen LogP contribution < -0.4 is 10.2 Å². The molecule has 1 aromatic carbocycles. The highest BCUT2D eigenvalue weighted by molar-refractivity contribution is 5.94. The van der Waals surface area contributed by atoms with Gasteiger partial charge < -0.3 is 15.0 Å². The molecule has 25 heavy (non-hydrogen) atoms. The molecule has 1 heterocycles. The number of carbonyl (C=O) groups is 2. The molecule has 0 unspecified atom stereocenters. The number of esters is 1. The molecule has 1 amide bonds. The number of piperidine rings is 1. The molecule has 1 N–H and O–H groups in total. The predicted octanol–water partition coefficient (Wildman–Crippen LogP) is 2.35. The fraction of sp³-hybridized carbons (Fsp3) is 0.579. The second-order valence-electron chi connectivity index (χ2n) is 6.67. The van der Waals surface area contributed by atoms with E-state index in [1.54, 1.807) is 0 Å². The van der Waals surface area contributed by atoms with E-state index in [-0.39, 0.29) is 23.8 Å². The fourth-order valence-corrected chi connectivity index (χ4v) is 3.04. The Kier molecular flexibility index (Phi) is 6.82. The highest BCUT2D eigenvalue weighted by Gasteiger charge is 2.30. The van der Waals surface area contributed by atoms with Crippen molar-refractivity contribution in [2.45, 2.75) is 32.7 Å². The fourth-order valence-electron chi connectivity index (χ4n) is 3.04. The third-order valence-corrected chi connectivity index (χ3v) is 4.73. The lowest BCUT2D eigenvalue weighted by molar-refractivity contribution is -0.149. The minimum absolute atomic E-state index is 0.0211. The highest BCUT2D eigenvalue weighted by atomic mass is 16.5. The molecular weight excluding hydrogens is 318 g/mol. The number of nitrogens with zero attached hydrogens (tertiary/aromatic N) is 2. The van der Waals surface area contributed by atoms with Crippen LogP contribution in [0.15, 0.2) is 24.3 Å². The third-order valence-electron chi connectivity index (χ3n) is 4.73. The van der Waals surface area contributed by atoms with E-state index in [2.05, 4.69) is 10.2 Å². The van der Waals surface area contributed by atoms with Crippen LogP contribution in [-0.2, 0) is 14.3 Å². The monoisotopic (exact) mass is 347 g/mol. The minimum atomic E-state index is -0.225. The number of hydrogen-bond acceptors (Lipinski definition) is 5. The van der Waals surface area contributed by atoms with Crippen LogP contribution in [0.3, 0.4) is 0 Å². The molecule has 1 atom stereocenters. The van der Waals surface area contributed by atoms with E-state index in [9.17, 15) is 9.59 Å². The molecule has 2 rings (SSSR count). The van der Waals surface area contributed by atoms with Gasteiger partial charge in [-0.05, 0) is 64.0 Å². The molecule has 0 saturated carbocycles. The Hall–Kier alpha value is -2.08. The zero-order valence-electron chi connectivity index (χ0n) is 15.6. The smallest absolute Gasteiger partial charge is 0.309 e. The van der Waals surface area contributed by atoms with Crippen LogP contribution in [-0.4, -0.2) is 56.6 Å². The van der Waals surface area contributed by atoms with Crippen LogP contribution in [0.25, 0.3) is 0 Å². The summed E-state index contributed by atoms with van der Waals surface area (Å²) >= 11 is 0. The van der Waals surface area contributed by atoms with Gasteiger partial charge in [-0.2, -0.15) is 0 Å². The maximum Gasteiger partial charge on any atom is 0.309 e. The van der Waals surface area contributed by atoms with Gasteiger partial charge in [0.25, 0.3) is 0 Å². The topological polar surface area (TPSA) is 61.9 Å². The summed E-state index contributed by atoms with van der Waals surface area (Å²) in [6, 6.07) is 7.55. The number of ether oxygens (including phenoxy) is 1. The van der Waals surface area contributed by atoms with Gasteiger partial charge in [0.05, 0.1) is 18.6 Å². The van der Waals surface area contributed by atoms with Crippen LogP contribution in [0.5, 0.6) is 0 Å². The molecule has 1 aliphatic rings. The molecule has 0 bridgehead atoms. The lowest BCUT2D eigenvalue weighted by Gasteiger charge is -2.34. The van der Waals surface area contributed by atoms with Gasteiger partial charge in [0.2, 0.25) is 5.91 Å². The summed E-state index contributed by atoms with van der Waals surface area (Å²) in [7, 11) is 3.96. The quantitative estimate of drug-likeness (QED) is 0.801. The van der Waals surface area contributed by atoms with Crippen LogP contribution in [0, 0.1) is 5.92 Å². The van der Waals surface area contributed by atoms with Crippen molar-refractivity contribution in [1.82, 2.24) is 4.90 Å². The van der Waals surface area contributed by atoms with Gasteiger partial charge in [0.15, 0.2) is 0 Å². The summed E-state index contributed by atoms with van der Waals surface area (Å²) < 4.78 is 5.09. The van der Waals surface area contributed by atoms with Crippen LogP contribution >= 0.6 is 0 Å². The number of amides is 1. The summed E-state index contributed by atoms with van der Waals surface area (Å²) in [6.45, 7) is 5.62. The number of anilines is 2. The van der Waals surface area contributed by atoms with E-state index in [4.69, 9.17) is 4.74 Å². The highest BCUT2D eigenvalue weighted by Crippen LogP contribution is 2.21. The lowest BCUT2D eigenvalue weighted by atomic mass is 9.96. The second-order valence-corrected chi connectivity index (χ2v) is 6.67. The van der Waals surface area contributed by atoms with Gasteiger partial charge in [0.1, 0.15) is 0 Å². The number of nitrogens with one attached hydrogen (secondary N) is 1. The van der Waals surface area contributed by atoms with E-state index in [1.807, 2.05) is 57.1 Å². The van der Waals surface area contributed by atoms with Gasteiger partial charge in [-0.1, -0.05) is 0 Å². The number of carbonyl (C=O) groups excluding carboxylic acids is 2. The molecule has 1 fully saturated rings. The Morgan fingerprint density at radius 2 is 1.84 bits per heavy atom. The molecule has 1 aromatic rings. The zero-order chi connectivity index (χ0) is 18.4. The van der Waals surface area contributed by atoms with Gasteiger partial charge in [-0.25, -0.2) is 0 Å². The van der Waals surface area contributed by atoms with E-state index in [0.717, 1.165) is 37.3 Å². The van der Waals surface area contributed by atoms with Crippen molar-refractivity contribution in [1.29, 1.82) is 0 Å². The van der Waals surface area contributed by atoms with Gasteiger partial charge in [0, 0.05) is 25.5 Å². The molecule has 6 nitrogen and oxygen atoms in total. The van der Waals surface area contributed by atoms with Crippen LogP contribution in [0.1, 0.15) is 26.7 Å². The van der Waals surface area contributed by atoms with E-state index >= 15 is 0 Å². The number of rotatable bonds is 6. The molecule has 0 radical (unpaired) electrons. The summed E-state index contributed by atoms with van der Waals surface area (Å²) in [6.07, 6.45) is 1.49. The first-order chi connectivity index (χ1) is 11.9. The first-order valence-electron chi connectivity index (χ1n) is 8.91. The van der Waals surface area contributed by atoms with Crippen molar-refractivity contribution in [3.8, 4) is 0 Å². The van der Waals surface area contributed by atoms with Crippen LogP contribution in [0.2, 0.25) is 0 Å². The first-order valence-corrected chi connectivity index (χ1v) is 8.91. The SMILES string of the molecule is CCOC(=O)C1CCN([C@H](C)C(=O)Nc2ccc(N(C)C)cc2)CC1. The molecule has 0 spiro atoms. The van der Waals surface area contributed by atoms with E-state index in [1.165, 1.54) is 0 Å². The molecular formula is C19H29N3O3.